The number of fused-ring (bicyclic) bond motifs is 2. The molecule has 0 bridgehead atoms. The molecule has 0 unspecified atom stereocenters. The molecule has 1 aliphatic rings. The van der Waals surface area contributed by atoms with Crippen LogP contribution in [-0.2, 0) is 0 Å². The molecular formula is C19H14N8O4. The van der Waals surface area contributed by atoms with Gasteiger partial charge in [-0.05, 0) is 28.1 Å². The normalized spacial score (nSPS) is 14.3. The van der Waals surface area contributed by atoms with Crippen LogP contribution < -0.4 is 15.6 Å². The van der Waals surface area contributed by atoms with Crippen molar-refractivity contribution in [1.29, 1.82) is 0 Å². The number of aromatic amines is 1. The highest BCUT2D eigenvalue weighted by atomic mass is 16.6. The summed E-state index contributed by atoms with van der Waals surface area (Å²) in [4.78, 5) is 23.4. The van der Waals surface area contributed by atoms with Gasteiger partial charge in [0, 0.05) is 23.3 Å². The number of methoxy groups -OCH3 is 1. The molecule has 31 heavy (non-hydrogen) atoms. The lowest BCUT2D eigenvalue weighted by atomic mass is 9.92. The van der Waals surface area contributed by atoms with E-state index in [0.717, 1.165) is 5.56 Å². The molecule has 0 fully saturated rings. The monoisotopic (exact) mass is 418 g/mol. The number of hydrogen-bond donors (Lipinski definition) is 2. The number of nitro benzene ring substituents is 1. The maximum atomic E-state index is 12.6. The first kappa shape index (κ1) is 18.4. The highest BCUT2D eigenvalue weighted by molar-refractivity contribution is 5.76. The number of H-pyrrole nitrogens is 1. The summed E-state index contributed by atoms with van der Waals surface area (Å²) in [5, 5.41) is 32.6. The van der Waals surface area contributed by atoms with E-state index in [0.29, 0.717) is 22.6 Å². The van der Waals surface area contributed by atoms with Crippen LogP contribution in [0.3, 0.4) is 0 Å². The summed E-state index contributed by atoms with van der Waals surface area (Å²) in [5.74, 6) is 0.952. The first-order chi connectivity index (χ1) is 15.1. The van der Waals surface area contributed by atoms with Gasteiger partial charge >= 0.3 is 0 Å². The van der Waals surface area contributed by atoms with Crippen LogP contribution in [0.1, 0.15) is 17.2 Å². The minimum Gasteiger partial charge on any atom is -0.497 e. The predicted octanol–water partition coefficient (Wildman–Crippen LogP) is 2.03. The SMILES string of the molecule is COc1ccc([C@@H]2c3c(-c4cccc([N+](=O)[O-])c4)n[nH]c(=O)c3Nc3nnnn32)cc1. The Balaban J connectivity index is 1.78. The van der Waals surface area contributed by atoms with E-state index in [2.05, 4.69) is 31.0 Å². The molecule has 5 rings (SSSR count). The second-order valence-corrected chi connectivity index (χ2v) is 6.75. The molecule has 0 saturated carbocycles. The van der Waals surface area contributed by atoms with Crippen molar-refractivity contribution < 1.29 is 9.66 Å². The highest BCUT2D eigenvalue weighted by Crippen LogP contribution is 2.41. The van der Waals surface area contributed by atoms with E-state index in [1.54, 1.807) is 31.4 Å². The van der Waals surface area contributed by atoms with Crippen LogP contribution in [0.4, 0.5) is 17.3 Å². The standard InChI is InChI=1S/C19H14N8O4/c1-31-13-7-5-10(6-8-13)17-14-15(11-3-2-4-12(9-11)27(29)30)21-22-18(28)16(14)20-19-23-24-25-26(17)19/h2-9,17H,1H3,(H,22,28)(H,20,23,25)/t17-/m1/s1. The number of nitro groups is 1. The van der Waals surface area contributed by atoms with E-state index in [-0.39, 0.29) is 17.3 Å². The average Bonchev–Trinajstić information content (AvgIpc) is 3.27. The first-order valence-electron chi connectivity index (χ1n) is 9.13. The Labute approximate surface area is 173 Å². The van der Waals surface area contributed by atoms with Crippen molar-refractivity contribution in [1.82, 2.24) is 30.4 Å². The number of rotatable bonds is 4. The Hall–Kier alpha value is -4.61. The van der Waals surface area contributed by atoms with Gasteiger partial charge in [-0.1, -0.05) is 29.4 Å². The molecule has 0 spiro atoms. The summed E-state index contributed by atoms with van der Waals surface area (Å²) in [6, 6.07) is 12.7. The van der Waals surface area contributed by atoms with Crippen LogP contribution in [0.25, 0.3) is 11.3 Å². The number of hydrogen-bond acceptors (Lipinski definition) is 9. The Morgan fingerprint density at radius 1 is 1.19 bits per heavy atom. The molecule has 12 nitrogen and oxygen atoms in total. The van der Waals surface area contributed by atoms with E-state index in [1.807, 2.05) is 12.1 Å². The lowest BCUT2D eigenvalue weighted by Crippen LogP contribution is -2.29. The van der Waals surface area contributed by atoms with Gasteiger partial charge in [0.2, 0.25) is 5.95 Å². The van der Waals surface area contributed by atoms with Crippen LogP contribution >= 0.6 is 0 Å². The molecule has 154 valence electrons. The van der Waals surface area contributed by atoms with E-state index in [1.165, 1.54) is 16.8 Å². The molecule has 4 aromatic rings. The maximum Gasteiger partial charge on any atom is 0.288 e. The van der Waals surface area contributed by atoms with Gasteiger partial charge < -0.3 is 10.1 Å². The fraction of sp³-hybridized carbons (Fsp3) is 0.105. The van der Waals surface area contributed by atoms with Gasteiger partial charge in [-0.25, -0.2) is 5.10 Å². The summed E-state index contributed by atoms with van der Waals surface area (Å²) in [5.41, 5.74) is 1.78. The molecule has 2 aromatic heterocycles. The minimum absolute atomic E-state index is 0.0906. The summed E-state index contributed by atoms with van der Waals surface area (Å²) < 4.78 is 6.77. The van der Waals surface area contributed by atoms with Crippen LogP contribution in [0, 0.1) is 10.1 Å². The smallest absolute Gasteiger partial charge is 0.288 e. The predicted molar refractivity (Wildman–Crippen MR) is 108 cm³/mol. The first-order valence-corrected chi connectivity index (χ1v) is 9.13. The number of nitrogens with one attached hydrogen (secondary N) is 2. The third-order valence-electron chi connectivity index (χ3n) is 5.03. The number of tetrazole rings is 1. The average molecular weight is 418 g/mol. The Morgan fingerprint density at radius 2 is 2.00 bits per heavy atom. The second-order valence-electron chi connectivity index (χ2n) is 6.75. The molecule has 0 radical (unpaired) electrons. The van der Waals surface area contributed by atoms with E-state index < -0.39 is 16.5 Å². The van der Waals surface area contributed by atoms with Gasteiger partial charge in [0.1, 0.15) is 17.5 Å². The number of anilines is 2. The maximum absolute atomic E-state index is 12.6. The van der Waals surface area contributed by atoms with Gasteiger partial charge in [0.25, 0.3) is 11.2 Å². The zero-order chi connectivity index (χ0) is 21.5. The van der Waals surface area contributed by atoms with Crippen molar-refractivity contribution in [3.05, 3.63) is 80.1 Å². The molecular weight excluding hydrogens is 404 g/mol. The second kappa shape index (κ2) is 7.02. The third-order valence-corrected chi connectivity index (χ3v) is 5.03. The van der Waals surface area contributed by atoms with Crippen molar-refractivity contribution in [2.75, 3.05) is 12.4 Å². The van der Waals surface area contributed by atoms with Crippen molar-refractivity contribution in [3.8, 4) is 17.0 Å². The molecule has 0 saturated heterocycles. The quantitative estimate of drug-likeness (QED) is 0.329. The molecule has 12 heteroatoms. The van der Waals surface area contributed by atoms with Crippen LogP contribution in [0.2, 0.25) is 0 Å². The van der Waals surface area contributed by atoms with Crippen molar-refractivity contribution in [3.63, 3.8) is 0 Å². The Kier molecular flexibility index (Phi) is 4.17. The van der Waals surface area contributed by atoms with Crippen molar-refractivity contribution in [2.45, 2.75) is 6.04 Å². The molecule has 3 heterocycles. The van der Waals surface area contributed by atoms with E-state index >= 15 is 0 Å². The summed E-state index contributed by atoms with van der Waals surface area (Å²) >= 11 is 0. The van der Waals surface area contributed by atoms with Crippen molar-refractivity contribution in [2.24, 2.45) is 0 Å². The fourth-order valence-corrected chi connectivity index (χ4v) is 3.62. The van der Waals surface area contributed by atoms with Gasteiger partial charge in [0.05, 0.1) is 17.7 Å². The van der Waals surface area contributed by atoms with Gasteiger partial charge in [0.15, 0.2) is 0 Å². The van der Waals surface area contributed by atoms with Gasteiger partial charge in [-0.3, -0.25) is 14.9 Å². The lowest BCUT2D eigenvalue weighted by molar-refractivity contribution is -0.384. The zero-order valence-corrected chi connectivity index (χ0v) is 16.0. The Morgan fingerprint density at radius 3 is 2.74 bits per heavy atom. The topological polar surface area (TPSA) is 154 Å². The van der Waals surface area contributed by atoms with Gasteiger partial charge in [-0.15, -0.1) is 0 Å². The number of non-ortho nitro benzene ring substituents is 1. The summed E-state index contributed by atoms with van der Waals surface area (Å²) in [7, 11) is 1.57. The van der Waals surface area contributed by atoms with Crippen LogP contribution in [-0.4, -0.2) is 42.4 Å². The van der Waals surface area contributed by atoms with Crippen LogP contribution in [0.15, 0.2) is 53.3 Å². The number of ether oxygens (including phenoxy) is 1. The van der Waals surface area contributed by atoms with Gasteiger partial charge in [-0.2, -0.15) is 9.78 Å². The minimum atomic E-state index is -0.601. The fourth-order valence-electron chi connectivity index (χ4n) is 3.62. The summed E-state index contributed by atoms with van der Waals surface area (Å²) in [6.45, 7) is 0. The highest BCUT2D eigenvalue weighted by Gasteiger charge is 2.34. The Bertz CT molecular complexity index is 1360. The lowest BCUT2D eigenvalue weighted by Gasteiger charge is -2.27. The molecule has 2 N–H and O–H groups in total. The zero-order valence-electron chi connectivity index (χ0n) is 16.0. The molecule has 0 amide bonds. The van der Waals surface area contributed by atoms with Crippen molar-refractivity contribution >= 4 is 17.3 Å². The van der Waals surface area contributed by atoms with E-state index in [9.17, 15) is 14.9 Å². The number of nitrogens with zero attached hydrogens (tertiary/aromatic N) is 6. The molecule has 1 atom stereocenters. The van der Waals surface area contributed by atoms with E-state index in [4.69, 9.17) is 4.74 Å². The van der Waals surface area contributed by atoms with Crippen LogP contribution in [0.5, 0.6) is 5.75 Å². The molecule has 0 aliphatic carbocycles. The largest absolute Gasteiger partial charge is 0.497 e. The third kappa shape index (κ3) is 2.97. The number of aromatic nitrogens is 6. The summed E-state index contributed by atoms with van der Waals surface area (Å²) in [6.07, 6.45) is 0. The number of benzene rings is 2. The molecule has 1 aliphatic heterocycles. The molecule has 2 aromatic carbocycles.